The summed E-state index contributed by atoms with van der Waals surface area (Å²) in [6, 6.07) is 2.51. The molecule has 3 nitrogen and oxygen atoms in total. The third kappa shape index (κ3) is 3.57. The highest BCUT2D eigenvalue weighted by atomic mass is 19.4. The molecule has 0 aromatic heterocycles. The van der Waals surface area contributed by atoms with Crippen molar-refractivity contribution in [2.45, 2.75) is 6.18 Å². The predicted molar refractivity (Wildman–Crippen MR) is 64.1 cm³/mol. The number of hydrogen-bond acceptors (Lipinski definition) is 3. The minimum absolute atomic E-state index is 0.0672. The Labute approximate surface area is 108 Å². The minimum Gasteiger partial charge on any atom is -0.316 e. The number of likely N-dealkylation sites (N-methyl/N-ethyl adjacent to an activating group) is 1. The Morgan fingerprint density at radius 3 is 2.26 bits per heavy atom. The number of nitrogens with zero attached hydrogens (tertiary/aromatic N) is 2. The molecule has 1 aliphatic rings. The molecule has 0 saturated carbocycles. The highest BCUT2D eigenvalue weighted by Crippen LogP contribution is 2.31. The average Bonchev–Trinajstić information content (AvgIpc) is 2.33. The summed E-state index contributed by atoms with van der Waals surface area (Å²) < 4.78 is 50.8. The second-order valence-corrected chi connectivity index (χ2v) is 4.59. The van der Waals surface area contributed by atoms with Gasteiger partial charge in [0.05, 0.1) is 11.3 Å². The largest absolute Gasteiger partial charge is 0.416 e. The average molecular weight is 277 g/mol. The van der Waals surface area contributed by atoms with Gasteiger partial charge in [-0.15, -0.1) is 0 Å². The summed E-state index contributed by atoms with van der Waals surface area (Å²) >= 11 is 0. The van der Waals surface area contributed by atoms with Crippen LogP contribution in [-0.2, 0) is 6.18 Å². The van der Waals surface area contributed by atoms with Crippen LogP contribution < -0.4 is 5.43 Å². The Morgan fingerprint density at radius 1 is 1.11 bits per heavy atom. The number of anilines is 1. The summed E-state index contributed by atoms with van der Waals surface area (Å²) in [5.41, 5.74) is 1.90. The van der Waals surface area contributed by atoms with Crippen LogP contribution in [0, 0.1) is 5.82 Å². The summed E-state index contributed by atoms with van der Waals surface area (Å²) in [5, 5.41) is 1.80. The van der Waals surface area contributed by atoms with Gasteiger partial charge in [0.15, 0.2) is 0 Å². The molecule has 19 heavy (non-hydrogen) atoms. The first-order chi connectivity index (χ1) is 8.86. The fraction of sp³-hybridized carbons (Fsp3) is 0.500. The molecule has 1 aliphatic heterocycles. The topological polar surface area (TPSA) is 18.5 Å². The second kappa shape index (κ2) is 5.34. The molecule has 0 aliphatic carbocycles. The van der Waals surface area contributed by atoms with Crippen molar-refractivity contribution in [3.05, 3.63) is 29.6 Å². The van der Waals surface area contributed by atoms with Gasteiger partial charge in [-0.25, -0.2) is 9.40 Å². The molecular weight excluding hydrogens is 262 g/mol. The summed E-state index contributed by atoms with van der Waals surface area (Å²) in [6.07, 6.45) is -4.52. The highest BCUT2D eigenvalue weighted by molar-refractivity contribution is 5.46. The van der Waals surface area contributed by atoms with Gasteiger partial charge in [-0.3, -0.25) is 0 Å². The van der Waals surface area contributed by atoms with Crippen LogP contribution in [0.2, 0.25) is 0 Å². The molecule has 2 rings (SSSR count). The summed E-state index contributed by atoms with van der Waals surface area (Å²) in [7, 11) is 1.98. The van der Waals surface area contributed by atoms with E-state index in [1.807, 2.05) is 7.05 Å². The van der Waals surface area contributed by atoms with Crippen molar-refractivity contribution >= 4 is 5.69 Å². The lowest BCUT2D eigenvalue weighted by atomic mass is 10.2. The number of benzene rings is 1. The van der Waals surface area contributed by atoms with Crippen molar-refractivity contribution in [1.82, 2.24) is 9.91 Å². The quantitative estimate of drug-likeness (QED) is 0.838. The zero-order chi connectivity index (χ0) is 14.0. The number of alkyl halides is 3. The highest BCUT2D eigenvalue weighted by Gasteiger charge is 2.31. The van der Waals surface area contributed by atoms with Crippen LogP contribution in [0.1, 0.15) is 5.56 Å². The number of piperazine rings is 1. The van der Waals surface area contributed by atoms with E-state index >= 15 is 0 Å². The van der Waals surface area contributed by atoms with Crippen LogP contribution in [0.5, 0.6) is 0 Å². The fourth-order valence-corrected chi connectivity index (χ4v) is 1.87. The summed E-state index contributed by atoms with van der Waals surface area (Å²) in [4.78, 5) is 2.13. The number of nitrogens with one attached hydrogen (secondary N) is 1. The lowest BCUT2D eigenvalue weighted by molar-refractivity contribution is -0.137. The molecule has 1 N–H and O–H groups in total. The van der Waals surface area contributed by atoms with Crippen LogP contribution in [-0.4, -0.2) is 43.1 Å². The van der Waals surface area contributed by atoms with Gasteiger partial charge in [-0.2, -0.15) is 13.2 Å². The third-order valence-corrected chi connectivity index (χ3v) is 3.08. The normalized spacial score (nSPS) is 18.6. The van der Waals surface area contributed by atoms with Crippen LogP contribution >= 0.6 is 0 Å². The van der Waals surface area contributed by atoms with Crippen LogP contribution in [0.15, 0.2) is 18.2 Å². The SMILES string of the molecule is CN1CCN(Nc2ccc(C(F)(F)F)cc2F)CC1. The van der Waals surface area contributed by atoms with Crippen LogP contribution in [0.3, 0.4) is 0 Å². The van der Waals surface area contributed by atoms with E-state index in [1.165, 1.54) is 0 Å². The van der Waals surface area contributed by atoms with Gasteiger partial charge < -0.3 is 10.3 Å². The zero-order valence-electron chi connectivity index (χ0n) is 10.5. The number of halogens is 4. The molecule has 0 bridgehead atoms. The van der Waals surface area contributed by atoms with Gasteiger partial charge in [-0.1, -0.05) is 0 Å². The minimum atomic E-state index is -4.52. The monoisotopic (exact) mass is 277 g/mol. The van der Waals surface area contributed by atoms with E-state index in [9.17, 15) is 17.6 Å². The summed E-state index contributed by atoms with van der Waals surface area (Å²) in [6.45, 7) is 3.04. The lowest BCUT2D eigenvalue weighted by Crippen LogP contribution is -2.47. The summed E-state index contributed by atoms with van der Waals surface area (Å²) in [5.74, 6) is -0.895. The van der Waals surface area contributed by atoms with Gasteiger partial charge in [0.1, 0.15) is 5.82 Å². The Morgan fingerprint density at radius 2 is 1.74 bits per heavy atom. The van der Waals surface area contributed by atoms with Gasteiger partial charge in [0.2, 0.25) is 0 Å². The van der Waals surface area contributed by atoms with Crippen molar-refractivity contribution in [2.75, 3.05) is 38.7 Å². The molecule has 0 radical (unpaired) electrons. The molecule has 0 spiro atoms. The van der Waals surface area contributed by atoms with Gasteiger partial charge in [0, 0.05) is 26.2 Å². The van der Waals surface area contributed by atoms with E-state index in [4.69, 9.17) is 0 Å². The van der Waals surface area contributed by atoms with Crippen LogP contribution in [0.4, 0.5) is 23.2 Å². The molecule has 1 aromatic rings. The molecule has 1 aromatic carbocycles. The Balaban J connectivity index is 2.05. The van der Waals surface area contributed by atoms with E-state index < -0.39 is 17.6 Å². The standard InChI is InChI=1S/C12H15F4N3/c1-18-4-6-19(7-5-18)17-11-3-2-9(8-10(11)13)12(14,15)16/h2-3,8,17H,4-7H2,1H3. The van der Waals surface area contributed by atoms with Crippen LogP contribution in [0.25, 0.3) is 0 Å². The van der Waals surface area contributed by atoms with Gasteiger partial charge in [0.25, 0.3) is 0 Å². The molecule has 0 atom stereocenters. The van der Waals surface area contributed by atoms with Crippen molar-refractivity contribution in [2.24, 2.45) is 0 Å². The smallest absolute Gasteiger partial charge is 0.316 e. The second-order valence-electron chi connectivity index (χ2n) is 4.59. The van der Waals surface area contributed by atoms with E-state index in [2.05, 4.69) is 10.3 Å². The first-order valence-corrected chi connectivity index (χ1v) is 5.93. The Kier molecular flexibility index (Phi) is 3.96. The Bertz CT molecular complexity index is 439. The predicted octanol–water partition coefficient (Wildman–Crippen LogP) is 2.42. The third-order valence-electron chi connectivity index (χ3n) is 3.08. The van der Waals surface area contributed by atoms with E-state index in [1.54, 1.807) is 5.01 Å². The number of rotatable bonds is 2. The van der Waals surface area contributed by atoms with Gasteiger partial charge >= 0.3 is 6.18 Å². The molecule has 0 amide bonds. The molecule has 106 valence electrons. The first kappa shape index (κ1) is 14.1. The fourth-order valence-electron chi connectivity index (χ4n) is 1.87. The number of hydrazine groups is 1. The molecule has 1 fully saturated rings. The van der Waals surface area contributed by atoms with E-state index in [0.717, 1.165) is 25.2 Å². The van der Waals surface area contributed by atoms with Crippen molar-refractivity contribution in [3.63, 3.8) is 0 Å². The molecule has 1 heterocycles. The van der Waals surface area contributed by atoms with E-state index in [0.29, 0.717) is 19.2 Å². The van der Waals surface area contributed by atoms with Crippen molar-refractivity contribution < 1.29 is 17.6 Å². The maximum absolute atomic E-state index is 13.6. The lowest BCUT2D eigenvalue weighted by Gasteiger charge is -2.33. The maximum atomic E-state index is 13.6. The molecular formula is C12H15F4N3. The molecule has 7 heteroatoms. The maximum Gasteiger partial charge on any atom is 0.416 e. The Hall–Kier alpha value is -1.34. The number of hydrogen-bond donors (Lipinski definition) is 1. The van der Waals surface area contributed by atoms with Crippen molar-refractivity contribution in [1.29, 1.82) is 0 Å². The molecule has 0 unspecified atom stereocenters. The molecule has 1 saturated heterocycles. The zero-order valence-corrected chi connectivity index (χ0v) is 10.5. The van der Waals surface area contributed by atoms with Gasteiger partial charge in [-0.05, 0) is 25.2 Å². The first-order valence-electron chi connectivity index (χ1n) is 5.93. The van der Waals surface area contributed by atoms with E-state index in [-0.39, 0.29) is 5.69 Å². The van der Waals surface area contributed by atoms with Crippen molar-refractivity contribution in [3.8, 4) is 0 Å².